The molecule has 2 amide bonds. The highest BCUT2D eigenvalue weighted by molar-refractivity contribution is 7.92. The van der Waals surface area contributed by atoms with Gasteiger partial charge in [-0.25, -0.2) is 8.42 Å². The molecule has 0 heterocycles. The van der Waals surface area contributed by atoms with Crippen LogP contribution in [0, 0.1) is 0 Å². The van der Waals surface area contributed by atoms with Crippen molar-refractivity contribution in [2.75, 3.05) is 31.3 Å². The van der Waals surface area contributed by atoms with Crippen molar-refractivity contribution in [3.63, 3.8) is 0 Å². The number of sulfonamides is 1. The Balaban J connectivity index is 2.19. The number of hydrogen-bond donors (Lipinski definition) is 1. The Hall–Kier alpha value is -3.27. The summed E-state index contributed by atoms with van der Waals surface area (Å²) < 4.78 is 36.6. The minimum absolute atomic E-state index is 0.0171. The number of methoxy groups -OCH3 is 2. The number of hydrogen-bond acceptors (Lipinski definition) is 6. The lowest BCUT2D eigenvalue weighted by molar-refractivity contribution is -0.140. The van der Waals surface area contributed by atoms with Gasteiger partial charge in [0.2, 0.25) is 21.8 Å². The molecule has 0 aliphatic carbocycles. The van der Waals surface area contributed by atoms with Crippen molar-refractivity contribution in [1.82, 2.24) is 10.2 Å². The van der Waals surface area contributed by atoms with E-state index in [1.54, 1.807) is 38.3 Å². The van der Waals surface area contributed by atoms with Crippen LogP contribution in [0.5, 0.6) is 11.5 Å². The van der Waals surface area contributed by atoms with E-state index in [0.29, 0.717) is 17.2 Å². The van der Waals surface area contributed by atoms with Crippen molar-refractivity contribution in [2.24, 2.45) is 0 Å². The average Bonchev–Trinajstić information content (AvgIpc) is 2.88. The molecule has 0 aromatic heterocycles. The van der Waals surface area contributed by atoms with Gasteiger partial charge >= 0.3 is 0 Å². The molecule has 0 aliphatic rings. The smallest absolute Gasteiger partial charge is 0.242 e. The van der Waals surface area contributed by atoms with Crippen LogP contribution in [0.15, 0.2) is 48.5 Å². The average molecular weight is 534 g/mol. The number of carbonyl (C=O) groups excluding carboxylic acids is 2. The summed E-state index contributed by atoms with van der Waals surface area (Å²) in [6.07, 6.45) is 2.27. The van der Waals surface area contributed by atoms with E-state index in [1.165, 1.54) is 16.3 Å². The van der Waals surface area contributed by atoms with E-state index in [2.05, 4.69) is 5.32 Å². The molecule has 1 N–H and O–H groups in total. The highest BCUT2D eigenvalue weighted by Crippen LogP contribution is 2.23. The molecule has 0 radical (unpaired) electrons. The van der Waals surface area contributed by atoms with Crippen LogP contribution in [-0.2, 0) is 26.2 Å². The van der Waals surface area contributed by atoms with E-state index in [9.17, 15) is 18.0 Å². The standard InChI is InChI=1S/C27H39N3O6S/c1-7-20(2)28-27(32)21(3)29(19-22-10-8-11-25(18-22)36-5)26(31)12-9-17-30(37(6,33)34)23-13-15-24(35-4)16-14-23/h8,10-11,13-16,18,20-21H,7,9,12,17,19H2,1-6H3,(H,28,32)/t20-,21-/m1/s1. The normalized spacial score (nSPS) is 12.8. The predicted molar refractivity (Wildman–Crippen MR) is 145 cm³/mol. The fourth-order valence-corrected chi connectivity index (χ4v) is 4.73. The third kappa shape index (κ3) is 8.96. The maximum atomic E-state index is 13.4. The third-order valence-corrected chi connectivity index (χ3v) is 7.36. The Morgan fingerprint density at radius 2 is 1.65 bits per heavy atom. The summed E-state index contributed by atoms with van der Waals surface area (Å²) in [6, 6.07) is 13.3. The van der Waals surface area contributed by atoms with Gasteiger partial charge in [0, 0.05) is 25.6 Å². The molecule has 9 nitrogen and oxygen atoms in total. The number of anilines is 1. The zero-order chi connectivity index (χ0) is 27.6. The largest absolute Gasteiger partial charge is 0.497 e. The molecule has 2 aromatic carbocycles. The van der Waals surface area contributed by atoms with Gasteiger partial charge in [-0.05, 0) is 68.7 Å². The van der Waals surface area contributed by atoms with Crippen LogP contribution in [0.25, 0.3) is 0 Å². The molecule has 204 valence electrons. The van der Waals surface area contributed by atoms with Crippen molar-refractivity contribution >= 4 is 27.5 Å². The van der Waals surface area contributed by atoms with Gasteiger partial charge in [0.05, 0.1) is 26.2 Å². The predicted octanol–water partition coefficient (Wildman–Crippen LogP) is 3.58. The van der Waals surface area contributed by atoms with Crippen LogP contribution in [0.2, 0.25) is 0 Å². The van der Waals surface area contributed by atoms with Gasteiger partial charge in [0.15, 0.2) is 0 Å². The van der Waals surface area contributed by atoms with E-state index in [1.807, 2.05) is 38.1 Å². The fourth-order valence-electron chi connectivity index (χ4n) is 3.77. The molecule has 10 heteroatoms. The minimum Gasteiger partial charge on any atom is -0.497 e. The number of benzene rings is 2. The summed E-state index contributed by atoms with van der Waals surface area (Å²) in [4.78, 5) is 27.8. The van der Waals surface area contributed by atoms with Crippen LogP contribution in [0.4, 0.5) is 5.69 Å². The Morgan fingerprint density at radius 1 is 1.00 bits per heavy atom. The Bertz CT molecular complexity index is 1140. The lowest BCUT2D eigenvalue weighted by Gasteiger charge is -2.30. The van der Waals surface area contributed by atoms with Crippen LogP contribution < -0.4 is 19.1 Å². The third-order valence-electron chi connectivity index (χ3n) is 6.17. The van der Waals surface area contributed by atoms with Crippen molar-refractivity contribution < 1.29 is 27.5 Å². The molecule has 0 spiro atoms. The SMILES string of the molecule is CC[C@@H](C)NC(=O)[C@@H](C)N(Cc1cccc(OC)c1)C(=O)CCCN(c1ccc(OC)cc1)S(C)(=O)=O. The van der Waals surface area contributed by atoms with Crippen molar-refractivity contribution in [2.45, 2.75) is 58.7 Å². The van der Waals surface area contributed by atoms with Crippen LogP contribution in [-0.4, -0.2) is 64.2 Å². The van der Waals surface area contributed by atoms with Gasteiger partial charge in [0.1, 0.15) is 17.5 Å². The lowest BCUT2D eigenvalue weighted by Crippen LogP contribution is -2.49. The number of nitrogens with one attached hydrogen (secondary N) is 1. The first-order valence-corrected chi connectivity index (χ1v) is 14.2. The molecule has 2 rings (SSSR count). The quantitative estimate of drug-likeness (QED) is 0.398. The van der Waals surface area contributed by atoms with Crippen LogP contribution in [0.3, 0.4) is 0 Å². The van der Waals surface area contributed by atoms with Gasteiger partial charge in [-0.3, -0.25) is 13.9 Å². The Morgan fingerprint density at radius 3 is 2.22 bits per heavy atom. The maximum Gasteiger partial charge on any atom is 0.242 e. The highest BCUT2D eigenvalue weighted by atomic mass is 32.2. The highest BCUT2D eigenvalue weighted by Gasteiger charge is 2.27. The van der Waals surface area contributed by atoms with E-state index in [-0.39, 0.29) is 43.8 Å². The summed E-state index contributed by atoms with van der Waals surface area (Å²) in [7, 11) is -0.460. The van der Waals surface area contributed by atoms with Crippen LogP contribution in [0.1, 0.15) is 45.6 Å². The van der Waals surface area contributed by atoms with Crippen molar-refractivity contribution in [1.29, 1.82) is 0 Å². The fraction of sp³-hybridized carbons (Fsp3) is 0.481. The molecule has 0 saturated carbocycles. The summed E-state index contributed by atoms with van der Waals surface area (Å²) in [5, 5.41) is 2.94. The first-order chi connectivity index (χ1) is 17.5. The first-order valence-electron chi connectivity index (χ1n) is 12.3. The second-order valence-corrected chi connectivity index (χ2v) is 10.9. The van der Waals surface area contributed by atoms with Gasteiger partial charge in [-0.1, -0.05) is 19.1 Å². The molecule has 2 aromatic rings. The molecule has 0 aliphatic heterocycles. The van der Waals surface area contributed by atoms with E-state index < -0.39 is 16.1 Å². The van der Waals surface area contributed by atoms with E-state index in [0.717, 1.165) is 18.2 Å². The zero-order valence-electron chi connectivity index (χ0n) is 22.6. The lowest BCUT2D eigenvalue weighted by atomic mass is 10.1. The van der Waals surface area contributed by atoms with E-state index >= 15 is 0 Å². The second kappa shape index (κ2) is 13.9. The number of nitrogens with zero attached hydrogens (tertiary/aromatic N) is 2. The number of amides is 2. The van der Waals surface area contributed by atoms with Crippen molar-refractivity contribution in [3.05, 3.63) is 54.1 Å². The second-order valence-electron chi connectivity index (χ2n) is 9.00. The number of ether oxygens (including phenoxy) is 2. The molecular formula is C27H39N3O6S. The molecular weight excluding hydrogens is 494 g/mol. The molecule has 0 bridgehead atoms. The van der Waals surface area contributed by atoms with Crippen LogP contribution >= 0.6 is 0 Å². The van der Waals surface area contributed by atoms with Gasteiger partial charge in [-0.15, -0.1) is 0 Å². The van der Waals surface area contributed by atoms with E-state index in [4.69, 9.17) is 9.47 Å². The van der Waals surface area contributed by atoms with Gasteiger partial charge in [-0.2, -0.15) is 0 Å². The molecule has 2 atom stereocenters. The first kappa shape index (κ1) is 30.0. The van der Waals surface area contributed by atoms with Gasteiger partial charge in [0.25, 0.3) is 0 Å². The molecule has 0 fully saturated rings. The summed E-state index contributed by atoms with van der Waals surface area (Å²) in [5.74, 6) is 0.800. The summed E-state index contributed by atoms with van der Waals surface area (Å²) in [5.41, 5.74) is 1.32. The monoisotopic (exact) mass is 533 g/mol. The Labute approximate surface area is 220 Å². The molecule has 37 heavy (non-hydrogen) atoms. The van der Waals surface area contributed by atoms with Gasteiger partial charge < -0.3 is 19.7 Å². The summed E-state index contributed by atoms with van der Waals surface area (Å²) >= 11 is 0. The number of carbonyl (C=O) groups is 2. The Kier molecular flexibility index (Phi) is 11.2. The summed E-state index contributed by atoms with van der Waals surface area (Å²) in [6.45, 7) is 5.94. The minimum atomic E-state index is -3.57. The maximum absolute atomic E-state index is 13.4. The van der Waals surface area contributed by atoms with Crippen molar-refractivity contribution in [3.8, 4) is 11.5 Å². The molecule has 0 unspecified atom stereocenters. The molecule has 0 saturated heterocycles. The topological polar surface area (TPSA) is 105 Å². The number of rotatable bonds is 14. The zero-order valence-corrected chi connectivity index (χ0v) is 23.4.